The zero-order valence-corrected chi connectivity index (χ0v) is 3.01. The van der Waals surface area contributed by atoms with Gasteiger partial charge < -0.3 is 4.84 Å². The van der Waals surface area contributed by atoms with Gasteiger partial charge in [-0.25, -0.2) is 0 Å². The first kappa shape index (κ1) is 4.53. The molecule has 0 aliphatic carbocycles. The molecule has 0 bridgehead atoms. The molecule has 0 amide bonds. The van der Waals surface area contributed by atoms with E-state index in [-0.39, 0.29) is 0 Å². The Morgan fingerprint density at radius 3 is 2.60 bits per heavy atom. The standard InChI is InChI=1S/C2H4BNO/c1-5-4-2-3/h2H,1H3. The van der Waals surface area contributed by atoms with Crippen LogP contribution in [0.25, 0.3) is 0 Å². The molecule has 0 saturated heterocycles. The first-order valence-electron chi connectivity index (χ1n) is 1.18. The number of nitrogens with zero attached hydrogens (tertiary/aromatic N) is 1. The maximum atomic E-state index is 4.72. The average molecular weight is 68.9 g/mol. The van der Waals surface area contributed by atoms with E-state index < -0.39 is 0 Å². The largest absolute Gasteiger partial charge is 0.400 e. The topological polar surface area (TPSA) is 21.6 Å². The second kappa shape index (κ2) is 3.53. The Morgan fingerprint density at radius 2 is 2.60 bits per heavy atom. The van der Waals surface area contributed by atoms with E-state index in [0.717, 1.165) is 6.11 Å². The SMILES string of the molecule is [B]C=NOC. The van der Waals surface area contributed by atoms with E-state index in [2.05, 4.69) is 9.99 Å². The highest BCUT2D eigenvalue weighted by atomic mass is 16.6. The van der Waals surface area contributed by atoms with Gasteiger partial charge in [0.15, 0.2) is 0 Å². The second-order valence-corrected chi connectivity index (χ2v) is 0.437. The Balaban J connectivity index is 2.62. The molecule has 0 rings (SSSR count). The summed E-state index contributed by atoms with van der Waals surface area (Å²) in [6.45, 7) is 0. The molecule has 0 aliphatic heterocycles. The van der Waals surface area contributed by atoms with Gasteiger partial charge in [-0.05, 0) is 6.11 Å². The Hall–Kier alpha value is -0.465. The van der Waals surface area contributed by atoms with Crippen LogP contribution in [0, 0.1) is 0 Å². The minimum absolute atomic E-state index is 1.08. The average Bonchev–Trinajstić information content (AvgIpc) is 1.41. The van der Waals surface area contributed by atoms with Gasteiger partial charge in [-0.3, -0.25) is 0 Å². The number of rotatable bonds is 1. The molecule has 0 atom stereocenters. The molecule has 26 valence electrons. The van der Waals surface area contributed by atoms with Crippen LogP contribution >= 0.6 is 0 Å². The predicted octanol–water partition coefficient (Wildman–Crippen LogP) is -0.255. The smallest absolute Gasteiger partial charge is 0.135 e. The molecular weight excluding hydrogens is 64.8 g/mol. The molecule has 0 fully saturated rings. The van der Waals surface area contributed by atoms with Crippen molar-refractivity contribution in [2.75, 3.05) is 7.11 Å². The van der Waals surface area contributed by atoms with E-state index in [1.165, 1.54) is 7.11 Å². The van der Waals surface area contributed by atoms with Crippen molar-refractivity contribution in [3.05, 3.63) is 0 Å². The van der Waals surface area contributed by atoms with Crippen molar-refractivity contribution < 1.29 is 4.84 Å². The molecule has 0 aromatic carbocycles. The molecule has 2 radical (unpaired) electrons. The normalized spacial score (nSPS) is 9.00. The summed E-state index contributed by atoms with van der Waals surface area (Å²) in [5, 5.41) is 3.12. The fraction of sp³-hybridized carbons (Fsp3) is 0.500. The number of hydrogen-bond donors (Lipinski definition) is 0. The summed E-state index contributed by atoms with van der Waals surface area (Å²) in [7, 11) is 6.16. The molecule has 3 heteroatoms. The van der Waals surface area contributed by atoms with Crippen LogP contribution in [0.5, 0.6) is 0 Å². The van der Waals surface area contributed by atoms with Gasteiger partial charge in [-0.1, -0.05) is 0 Å². The van der Waals surface area contributed by atoms with Crippen molar-refractivity contribution in [3.63, 3.8) is 0 Å². The van der Waals surface area contributed by atoms with Crippen LogP contribution in [-0.2, 0) is 4.84 Å². The number of oxime groups is 1. The summed E-state index contributed by atoms with van der Waals surface area (Å²) in [6, 6.07) is 0. The summed E-state index contributed by atoms with van der Waals surface area (Å²) >= 11 is 0. The third kappa shape index (κ3) is 3.53. The summed E-state index contributed by atoms with van der Waals surface area (Å²) < 4.78 is 0. The van der Waals surface area contributed by atoms with Crippen LogP contribution in [0.1, 0.15) is 0 Å². The molecule has 0 N–H and O–H groups in total. The van der Waals surface area contributed by atoms with Gasteiger partial charge in [0.2, 0.25) is 0 Å². The van der Waals surface area contributed by atoms with Crippen LogP contribution in [-0.4, -0.2) is 21.1 Å². The van der Waals surface area contributed by atoms with Crippen LogP contribution in [0.2, 0.25) is 0 Å². The van der Waals surface area contributed by atoms with Crippen LogP contribution < -0.4 is 0 Å². The Kier molecular flexibility index (Phi) is 3.21. The molecule has 0 aromatic heterocycles. The molecule has 0 aromatic rings. The molecule has 0 saturated carbocycles. The molecule has 0 heterocycles. The molecule has 2 nitrogen and oxygen atoms in total. The van der Waals surface area contributed by atoms with Crippen molar-refractivity contribution in [2.24, 2.45) is 5.16 Å². The van der Waals surface area contributed by atoms with Crippen LogP contribution in [0.4, 0.5) is 0 Å². The van der Waals surface area contributed by atoms with Gasteiger partial charge in [0.25, 0.3) is 0 Å². The molecule has 5 heavy (non-hydrogen) atoms. The van der Waals surface area contributed by atoms with Gasteiger partial charge in [-0.15, -0.1) is 5.16 Å². The Bertz CT molecular complexity index is 36.6. The van der Waals surface area contributed by atoms with E-state index in [1.807, 2.05) is 0 Å². The third-order valence-corrected chi connectivity index (χ3v) is 0.166. The van der Waals surface area contributed by atoms with Gasteiger partial charge in [0.05, 0.1) is 0 Å². The monoisotopic (exact) mass is 69.0 g/mol. The highest BCUT2D eigenvalue weighted by Crippen LogP contribution is 1.54. The van der Waals surface area contributed by atoms with Gasteiger partial charge in [-0.2, -0.15) is 0 Å². The first-order chi connectivity index (χ1) is 2.41. The predicted molar refractivity (Wildman–Crippen MR) is 21.3 cm³/mol. The van der Waals surface area contributed by atoms with Gasteiger partial charge in [0, 0.05) is 0 Å². The zero-order valence-electron chi connectivity index (χ0n) is 3.01. The van der Waals surface area contributed by atoms with Crippen molar-refractivity contribution >= 4 is 14.0 Å². The lowest BCUT2D eigenvalue weighted by Crippen LogP contribution is -1.68. The maximum absolute atomic E-state index is 4.72. The third-order valence-electron chi connectivity index (χ3n) is 0.166. The minimum atomic E-state index is 1.08. The van der Waals surface area contributed by atoms with E-state index in [1.54, 1.807) is 0 Å². The van der Waals surface area contributed by atoms with Crippen molar-refractivity contribution in [1.82, 2.24) is 0 Å². The highest BCUT2D eigenvalue weighted by molar-refractivity contribution is 6.49. The summed E-state index contributed by atoms with van der Waals surface area (Å²) in [5.74, 6) is 0. The fourth-order valence-electron chi connectivity index (χ4n) is 0.0609. The molecular formula is C2H4BNO. The lowest BCUT2D eigenvalue weighted by atomic mass is 10.2. The Morgan fingerprint density at radius 1 is 2.00 bits per heavy atom. The van der Waals surface area contributed by atoms with Gasteiger partial charge >= 0.3 is 0 Å². The van der Waals surface area contributed by atoms with E-state index >= 15 is 0 Å². The molecule has 0 spiro atoms. The fourth-order valence-corrected chi connectivity index (χ4v) is 0.0609. The van der Waals surface area contributed by atoms with E-state index in [0.29, 0.717) is 0 Å². The summed E-state index contributed by atoms with van der Waals surface area (Å²) in [4.78, 5) is 4.14. The quantitative estimate of drug-likeness (QED) is 0.236. The Labute approximate surface area is 32.2 Å². The number of hydrogen-bond acceptors (Lipinski definition) is 2. The van der Waals surface area contributed by atoms with Crippen LogP contribution in [0.3, 0.4) is 0 Å². The van der Waals surface area contributed by atoms with Crippen molar-refractivity contribution in [1.29, 1.82) is 0 Å². The highest BCUT2D eigenvalue weighted by Gasteiger charge is 1.47. The summed E-state index contributed by atoms with van der Waals surface area (Å²) in [5.41, 5.74) is 0. The van der Waals surface area contributed by atoms with E-state index in [9.17, 15) is 0 Å². The van der Waals surface area contributed by atoms with E-state index in [4.69, 9.17) is 7.85 Å². The molecule has 0 unspecified atom stereocenters. The van der Waals surface area contributed by atoms with Crippen molar-refractivity contribution in [3.8, 4) is 0 Å². The second-order valence-electron chi connectivity index (χ2n) is 0.437. The molecule has 0 aliphatic rings. The zero-order chi connectivity index (χ0) is 4.12. The summed E-state index contributed by atoms with van der Waals surface area (Å²) in [6.07, 6.45) is 1.08. The lowest BCUT2D eigenvalue weighted by Gasteiger charge is -1.75. The minimum Gasteiger partial charge on any atom is -0.400 e. The van der Waals surface area contributed by atoms with Gasteiger partial charge in [0.1, 0.15) is 15.0 Å². The first-order valence-corrected chi connectivity index (χ1v) is 1.18. The van der Waals surface area contributed by atoms with Crippen molar-refractivity contribution in [2.45, 2.75) is 0 Å². The maximum Gasteiger partial charge on any atom is 0.135 e. The lowest BCUT2D eigenvalue weighted by molar-refractivity contribution is 0.216. The van der Waals surface area contributed by atoms with Crippen LogP contribution in [0.15, 0.2) is 5.16 Å².